The second-order valence-corrected chi connectivity index (χ2v) is 6.62. The van der Waals surface area contributed by atoms with E-state index in [2.05, 4.69) is 5.32 Å². The van der Waals surface area contributed by atoms with Crippen LogP contribution in [0.1, 0.15) is 41.4 Å². The fourth-order valence-electron chi connectivity index (χ4n) is 3.31. The number of para-hydroxylation sites is 1. The summed E-state index contributed by atoms with van der Waals surface area (Å²) in [6.07, 6.45) is 1.64. The quantitative estimate of drug-likeness (QED) is 0.748. The zero-order valence-corrected chi connectivity index (χ0v) is 16.1. The molecule has 5 nitrogen and oxygen atoms in total. The molecule has 1 N–H and O–H groups in total. The van der Waals surface area contributed by atoms with E-state index in [9.17, 15) is 9.59 Å². The van der Waals surface area contributed by atoms with Crippen molar-refractivity contribution in [2.45, 2.75) is 33.4 Å². The number of fused-ring (bicyclic) bond motifs is 1. The Morgan fingerprint density at radius 2 is 1.96 bits per heavy atom. The number of nitrogens with zero attached hydrogens (tertiary/aromatic N) is 1. The molecule has 1 aromatic heterocycles. The Morgan fingerprint density at radius 1 is 1.22 bits per heavy atom. The largest absolute Gasteiger partial charge is 0.496 e. The summed E-state index contributed by atoms with van der Waals surface area (Å²) in [6, 6.07) is 13.0. The van der Waals surface area contributed by atoms with Gasteiger partial charge >= 0.3 is 0 Å². The van der Waals surface area contributed by atoms with E-state index in [0.717, 1.165) is 16.6 Å². The van der Waals surface area contributed by atoms with Crippen LogP contribution in [-0.2, 0) is 6.54 Å². The van der Waals surface area contributed by atoms with Crippen LogP contribution in [-0.4, -0.2) is 17.6 Å². The van der Waals surface area contributed by atoms with Gasteiger partial charge in [0.15, 0.2) is 0 Å². The molecule has 0 saturated heterocycles. The predicted molar refractivity (Wildman–Crippen MR) is 107 cm³/mol. The monoisotopic (exact) mass is 364 g/mol. The van der Waals surface area contributed by atoms with Crippen molar-refractivity contribution >= 4 is 16.8 Å². The molecule has 3 rings (SSSR count). The molecule has 0 radical (unpaired) electrons. The summed E-state index contributed by atoms with van der Waals surface area (Å²) in [4.78, 5) is 25.8. The van der Waals surface area contributed by atoms with Gasteiger partial charge in [-0.1, -0.05) is 29.8 Å². The van der Waals surface area contributed by atoms with Gasteiger partial charge in [0.1, 0.15) is 11.3 Å². The molecule has 0 spiro atoms. The molecule has 1 atom stereocenters. The summed E-state index contributed by atoms with van der Waals surface area (Å²) in [5, 5.41) is 3.49. The van der Waals surface area contributed by atoms with E-state index in [1.807, 2.05) is 67.8 Å². The molecular weight excluding hydrogens is 340 g/mol. The minimum Gasteiger partial charge on any atom is -0.496 e. The summed E-state index contributed by atoms with van der Waals surface area (Å²) in [5.74, 6) is 0.314. The summed E-state index contributed by atoms with van der Waals surface area (Å²) in [5.41, 5.74) is 2.59. The molecule has 0 aliphatic carbocycles. The van der Waals surface area contributed by atoms with Crippen LogP contribution in [0, 0.1) is 6.92 Å². The smallest absolute Gasteiger partial charge is 0.257 e. The van der Waals surface area contributed by atoms with Crippen molar-refractivity contribution in [3.63, 3.8) is 0 Å². The van der Waals surface area contributed by atoms with Crippen LogP contribution < -0.4 is 15.5 Å². The number of aryl methyl sites for hydroxylation is 2. The SMILES string of the molecule is CCn1cc(C(=O)N[C@@H](C)c2ccccc2OC)c(=O)c2cc(C)ccc21. The molecule has 0 aliphatic heterocycles. The van der Waals surface area contributed by atoms with Gasteiger partial charge in [0, 0.05) is 23.7 Å². The third-order valence-electron chi connectivity index (χ3n) is 4.77. The second kappa shape index (κ2) is 7.66. The van der Waals surface area contributed by atoms with Gasteiger partial charge in [0.2, 0.25) is 5.43 Å². The lowest BCUT2D eigenvalue weighted by Gasteiger charge is -2.18. The van der Waals surface area contributed by atoms with Crippen molar-refractivity contribution in [2.75, 3.05) is 7.11 Å². The molecule has 3 aromatic rings. The Morgan fingerprint density at radius 3 is 2.67 bits per heavy atom. The lowest BCUT2D eigenvalue weighted by atomic mass is 10.1. The van der Waals surface area contributed by atoms with Crippen molar-refractivity contribution in [1.29, 1.82) is 0 Å². The third kappa shape index (κ3) is 3.58. The standard InChI is InChI=1S/C22H24N2O3/c1-5-24-13-18(21(25)17-12-14(2)10-11-19(17)24)22(26)23-15(3)16-8-6-7-9-20(16)27-4/h6-13,15H,5H2,1-4H3,(H,23,26)/t15-/m0/s1. The first-order valence-corrected chi connectivity index (χ1v) is 9.03. The number of ether oxygens (including phenoxy) is 1. The number of methoxy groups -OCH3 is 1. The maximum absolute atomic E-state index is 12.9. The van der Waals surface area contributed by atoms with E-state index in [1.54, 1.807) is 13.3 Å². The number of aromatic nitrogens is 1. The number of rotatable bonds is 5. The van der Waals surface area contributed by atoms with Gasteiger partial charge in [-0.3, -0.25) is 9.59 Å². The molecule has 2 aromatic carbocycles. The number of hydrogen-bond acceptors (Lipinski definition) is 3. The van der Waals surface area contributed by atoms with E-state index in [0.29, 0.717) is 17.7 Å². The van der Waals surface area contributed by atoms with Crippen molar-refractivity contribution in [3.05, 3.63) is 75.6 Å². The fourth-order valence-corrected chi connectivity index (χ4v) is 3.31. The van der Waals surface area contributed by atoms with Crippen LogP contribution in [0.5, 0.6) is 5.75 Å². The summed E-state index contributed by atoms with van der Waals surface area (Å²) >= 11 is 0. The van der Waals surface area contributed by atoms with Gasteiger partial charge in [-0.15, -0.1) is 0 Å². The molecule has 0 fully saturated rings. The molecule has 140 valence electrons. The van der Waals surface area contributed by atoms with E-state index in [1.165, 1.54) is 0 Å². The first kappa shape index (κ1) is 18.7. The van der Waals surface area contributed by atoms with Crippen LogP contribution in [0.3, 0.4) is 0 Å². The van der Waals surface area contributed by atoms with Crippen LogP contribution in [0.2, 0.25) is 0 Å². The maximum atomic E-state index is 12.9. The van der Waals surface area contributed by atoms with Crippen molar-refractivity contribution < 1.29 is 9.53 Å². The van der Waals surface area contributed by atoms with Crippen LogP contribution in [0.25, 0.3) is 10.9 Å². The highest BCUT2D eigenvalue weighted by Gasteiger charge is 2.19. The summed E-state index contributed by atoms with van der Waals surface area (Å²) in [6.45, 7) is 6.47. The lowest BCUT2D eigenvalue weighted by Crippen LogP contribution is -2.32. The summed E-state index contributed by atoms with van der Waals surface area (Å²) < 4.78 is 7.30. The van der Waals surface area contributed by atoms with Gasteiger partial charge in [0.25, 0.3) is 5.91 Å². The van der Waals surface area contributed by atoms with E-state index < -0.39 is 0 Å². The summed E-state index contributed by atoms with van der Waals surface area (Å²) in [7, 11) is 1.60. The molecule has 5 heteroatoms. The molecule has 0 saturated carbocycles. The topological polar surface area (TPSA) is 60.3 Å². The van der Waals surface area contributed by atoms with E-state index in [4.69, 9.17) is 4.74 Å². The number of amides is 1. The Labute approximate surface area is 158 Å². The van der Waals surface area contributed by atoms with Gasteiger partial charge in [-0.2, -0.15) is 0 Å². The first-order chi connectivity index (χ1) is 13.0. The highest BCUT2D eigenvalue weighted by atomic mass is 16.5. The second-order valence-electron chi connectivity index (χ2n) is 6.62. The van der Waals surface area contributed by atoms with Crippen molar-refractivity contribution in [3.8, 4) is 5.75 Å². The van der Waals surface area contributed by atoms with Gasteiger partial charge in [0.05, 0.1) is 18.7 Å². The zero-order valence-electron chi connectivity index (χ0n) is 16.1. The highest BCUT2D eigenvalue weighted by Crippen LogP contribution is 2.24. The number of hydrogen-bond donors (Lipinski definition) is 1. The fraction of sp³-hybridized carbons (Fsp3) is 0.273. The minimum atomic E-state index is -0.385. The van der Waals surface area contributed by atoms with Crippen LogP contribution in [0.15, 0.2) is 53.5 Å². The molecule has 1 amide bonds. The van der Waals surface area contributed by atoms with Crippen LogP contribution >= 0.6 is 0 Å². The molecule has 0 unspecified atom stereocenters. The molecule has 0 aliphatic rings. The van der Waals surface area contributed by atoms with Gasteiger partial charge in [-0.05, 0) is 39.0 Å². The number of pyridine rings is 1. The Balaban J connectivity index is 2.01. The molecular formula is C22H24N2O3. The minimum absolute atomic E-state index is 0.150. The maximum Gasteiger partial charge on any atom is 0.257 e. The molecule has 0 bridgehead atoms. The average molecular weight is 364 g/mol. The Kier molecular flexibility index (Phi) is 5.31. The first-order valence-electron chi connectivity index (χ1n) is 9.03. The van der Waals surface area contributed by atoms with E-state index >= 15 is 0 Å². The number of benzene rings is 2. The molecule has 1 heterocycles. The Bertz CT molecular complexity index is 1050. The van der Waals surface area contributed by atoms with Crippen molar-refractivity contribution in [1.82, 2.24) is 9.88 Å². The normalized spacial score (nSPS) is 12.0. The molecule has 27 heavy (non-hydrogen) atoms. The number of carbonyl (C=O) groups is 1. The highest BCUT2D eigenvalue weighted by molar-refractivity contribution is 5.97. The third-order valence-corrected chi connectivity index (χ3v) is 4.77. The zero-order chi connectivity index (χ0) is 19.6. The average Bonchev–Trinajstić information content (AvgIpc) is 2.68. The Hall–Kier alpha value is -3.08. The number of nitrogens with one attached hydrogen (secondary N) is 1. The van der Waals surface area contributed by atoms with Crippen LogP contribution in [0.4, 0.5) is 0 Å². The predicted octanol–water partition coefficient (Wildman–Crippen LogP) is 3.83. The number of carbonyl (C=O) groups excluding carboxylic acids is 1. The van der Waals surface area contributed by atoms with Gasteiger partial charge < -0.3 is 14.6 Å². The van der Waals surface area contributed by atoms with E-state index in [-0.39, 0.29) is 22.9 Å². The lowest BCUT2D eigenvalue weighted by molar-refractivity contribution is 0.0938. The van der Waals surface area contributed by atoms with Gasteiger partial charge in [-0.25, -0.2) is 0 Å². The van der Waals surface area contributed by atoms with Crippen molar-refractivity contribution in [2.24, 2.45) is 0 Å².